The van der Waals surface area contributed by atoms with Crippen molar-refractivity contribution in [3.05, 3.63) is 0 Å². The van der Waals surface area contributed by atoms with Crippen LogP contribution in [0, 0.1) is 23.7 Å². The van der Waals surface area contributed by atoms with Gasteiger partial charge in [-0.25, -0.2) is 0 Å². The second kappa shape index (κ2) is 5.27. The Hall–Kier alpha value is -0.0800. The van der Waals surface area contributed by atoms with Crippen LogP contribution in [0.3, 0.4) is 0 Å². The minimum Gasteiger partial charge on any atom is -0.271 e. The van der Waals surface area contributed by atoms with E-state index in [1.807, 2.05) is 0 Å². The summed E-state index contributed by atoms with van der Waals surface area (Å²) >= 11 is 0. The van der Waals surface area contributed by atoms with Crippen LogP contribution in [-0.4, -0.2) is 6.04 Å². The zero-order chi connectivity index (χ0) is 11.7. The number of rotatable bonds is 5. The number of hydrazine groups is 1. The summed E-state index contributed by atoms with van der Waals surface area (Å²) < 4.78 is 0. The summed E-state index contributed by atoms with van der Waals surface area (Å²) in [7, 11) is 0. The molecule has 3 N–H and O–H groups in total. The number of nitrogens with two attached hydrogens (primary N) is 1. The summed E-state index contributed by atoms with van der Waals surface area (Å²) in [6, 6.07) is 0.599. The predicted molar refractivity (Wildman–Crippen MR) is 71.2 cm³/mol. The molecule has 0 aromatic rings. The van der Waals surface area contributed by atoms with E-state index in [0.29, 0.717) is 6.04 Å². The maximum absolute atomic E-state index is 5.78. The summed E-state index contributed by atoms with van der Waals surface area (Å²) in [6.07, 6.45) is 14.6. The van der Waals surface area contributed by atoms with Gasteiger partial charge in [-0.1, -0.05) is 32.1 Å². The fraction of sp³-hybridized carbons (Fsp3) is 1.00. The van der Waals surface area contributed by atoms with Gasteiger partial charge in [-0.2, -0.15) is 0 Å². The smallest absolute Gasteiger partial charge is 0.0215 e. The van der Waals surface area contributed by atoms with E-state index in [9.17, 15) is 0 Å². The van der Waals surface area contributed by atoms with Crippen LogP contribution >= 0.6 is 0 Å². The van der Waals surface area contributed by atoms with Crippen molar-refractivity contribution in [2.45, 2.75) is 70.3 Å². The first-order valence-corrected chi connectivity index (χ1v) is 7.81. The standard InChI is InChI=1S/C15H28N2/c16-17-15(9-11-3-1-2-4-11)10-14-8-12-5-6-13(14)7-12/h11-15,17H,1-10,16H2. The fourth-order valence-electron chi connectivity index (χ4n) is 4.91. The van der Waals surface area contributed by atoms with Crippen molar-refractivity contribution in [1.29, 1.82) is 0 Å². The predicted octanol–water partition coefficient (Wildman–Crippen LogP) is 3.22. The Bertz CT molecular complexity index is 247. The topological polar surface area (TPSA) is 38.0 Å². The molecule has 0 aromatic heterocycles. The molecule has 3 rings (SSSR count). The van der Waals surface area contributed by atoms with Crippen LogP contribution in [0.1, 0.15) is 64.2 Å². The molecule has 17 heavy (non-hydrogen) atoms. The lowest BCUT2D eigenvalue weighted by molar-refractivity contribution is 0.256. The molecule has 4 unspecified atom stereocenters. The van der Waals surface area contributed by atoms with Gasteiger partial charge >= 0.3 is 0 Å². The lowest BCUT2D eigenvalue weighted by Gasteiger charge is -2.27. The SMILES string of the molecule is NNC(CC1CCCC1)CC1CC2CCC1C2. The third-order valence-corrected chi connectivity index (χ3v) is 5.80. The molecule has 0 aromatic carbocycles. The Labute approximate surface area is 106 Å². The summed E-state index contributed by atoms with van der Waals surface area (Å²) in [6.45, 7) is 0. The molecule has 3 fully saturated rings. The molecule has 3 aliphatic carbocycles. The van der Waals surface area contributed by atoms with E-state index < -0.39 is 0 Å². The molecular weight excluding hydrogens is 208 g/mol. The summed E-state index contributed by atoms with van der Waals surface area (Å²) in [4.78, 5) is 0. The van der Waals surface area contributed by atoms with Crippen molar-refractivity contribution in [1.82, 2.24) is 5.43 Å². The van der Waals surface area contributed by atoms with E-state index >= 15 is 0 Å². The Balaban J connectivity index is 1.48. The van der Waals surface area contributed by atoms with Crippen molar-refractivity contribution in [3.63, 3.8) is 0 Å². The van der Waals surface area contributed by atoms with Crippen LogP contribution in [0.25, 0.3) is 0 Å². The summed E-state index contributed by atoms with van der Waals surface area (Å²) in [5, 5.41) is 0. The fourth-order valence-corrected chi connectivity index (χ4v) is 4.91. The zero-order valence-electron chi connectivity index (χ0n) is 11.0. The van der Waals surface area contributed by atoms with Crippen LogP contribution in [0.5, 0.6) is 0 Å². The highest BCUT2D eigenvalue weighted by atomic mass is 15.2. The lowest BCUT2D eigenvalue weighted by Crippen LogP contribution is -2.38. The highest BCUT2D eigenvalue weighted by Crippen LogP contribution is 2.50. The highest BCUT2D eigenvalue weighted by molar-refractivity contribution is 4.91. The summed E-state index contributed by atoms with van der Waals surface area (Å²) in [5.74, 6) is 9.87. The van der Waals surface area contributed by atoms with Crippen LogP contribution in [0.4, 0.5) is 0 Å². The molecule has 2 nitrogen and oxygen atoms in total. The maximum atomic E-state index is 5.78. The third kappa shape index (κ3) is 2.68. The van der Waals surface area contributed by atoms with Gasteiger partial charge in [0.15, 0.2) is 0 Å². The van der Waals surface area contributed by atoms with Gasteiger partial charge in [0.1, 0.15) is 0 Å². The average Bonchev–Trinajstić information content (AvgIpc) is 3.04. The first-order chi connectivity index (χ1) is 8.35. The van der Waals surface area contributed by atoms with Gasteiger partial charge in [0.2, 0.25) is 0 Å². The largest absolute Gasteiger partial charge is 0.271 e. The normalized spacial score (nSPS) is 39.0. The molecule has 0 spiro atoms. The van der Waals surface area contributed by atoms with Crippen molar-refractivity contribution in [3.8, 4) is 0 Å². The van der Waals surface area contributed by atoms with Gasteiger partial charge in [-0.3, -0.25) is 11.3 Å². The number of fused-ring (bicyclic) bond motifs is 2. The Morgan fingerprint density at radius 2 is 1.82 bits per heavy atom. The minimum absolute atomic E-state index is 0.599. The lowest BCUT2D eigenvalue weighted by atomic mass is 9.82. The third-order valence-electron chi connectivity index (χ3n) is 5.80. The van der Waals surface area contributed by atoms with Gasteiger partial charge in [0.25, 0.3) is 0 Å². The van der Waals surface area contributed by atoms with Crippen LogP contribution in [-0.2, 0) is 0 Å². The molecule has 3 saturated carbocycles. The molecule has 98 valence electrons. The molecule has 0 radical (unpaired) electrons. The Morgan fingerprint density at radius 3 is 2.41 bits per heavy atom. The minimum atomic E-state index is 0.599. The molecule has 2 heteroatoms. The maximum Gasteiger partial charge on any atom is 0.0215 e. The number of nitrogens with one attached hydrogen (secondary N) is 1. The molecule has 2 bridgehead atoms. The van der Waals surface area contributed by atoms with E-state index in [1.165, 1.54) is 64.2 Å². The number of hydrogen-bond donors (Lipinski definition) is 2. The van der Waals surface area contributed by atoms with E-state index in [2.05, 4.69) is 5.43 Å². The zero-order valence-corrected chi connectivity index (χ0v) is 11.0. The van der Waals surface area contributed by atoms with E-state index in [4.69, 9.17) is 5.84 Å². The second-order valence-electron chi connectivity index (χ2n) is 6.92. The first-order valence-electron chi connectivity index (χ1n) is 7.81. The van der Waals surface area contributed by atoms with E-state index in [0.717, 1.165) is 23.7 Å². The van der Waals surface area contributed by atoms with Crippen LogP contribution < -0.4 is 11.3 Å². The molecule has 0 amide bonds. The van der Waals surface area contributed by atoms with Crippen LogP contribution in [0.15, 0.2) is 0 Å². The second-order valence-corrected chi connectivity index (χ2v) is 6.92. The van der Waals surface area contributed by atoms with Crippen molar-refractivity contribution in [2.75, 3.05) is 0 Å². The van der Waals surface area contributed by atoms with Gasteiger partial charge in [-0.15, -0.1) is 0 Å². The van der Waals surface area contributed by atoms with Gasteiger partial charge < -0.3 is 0 Å². The number of hydrogen-bond acceptors (Lipinski definition) is 2. The van der Waals surface area contributed by atoms with Crippen molar-refractivity contribution < 1.29 is 0 Å². The van der Waals surface area contributed by atoms with Gasteiger partial charge in [-0.05, 0) is 55.8 Å². The van der Waals surface area contributed by atoms with Gasteiger partial charge in [0, 0.05) is 6.04 Å². The first kappa shape index (κ1) is 12.0. The monoisotopic (exact) mass is 236 g/mol. The molecule has 0 saturated heterocycles. The quantitative estimate of drug-likeness (QED) is 0.568. The molecule has 0 heterocycles. The van der Waals surface area contributed by atoms with Crippen LogP contribution in [0.2, 0.25) is 0 Å². The van der Waals surface area contributed by atoms with E-state index in [-0.39, 0.29) is 0 Å². The van der Waals surface area contributed by atoms with Gasteiger partial charge in [0.05, 0.1) is 0 Å². The Kier molecular flexibility index (Phi) is 3.72. The van der Waals surface area contributed by atoms with E-state index in [1.54, 1.807) is 0 Å². The molecule has 3 aliphatic rings. The molecular formula is C15H28N2. The highest BCUT2D eigenvalue weighted by Gasteiger charge is 2.40. The molecule has 4 atom stereocenters. The Morgan fingerprint density at radius 1 is 1.00 bits per heavy atom. The van der Waals surface area contributed by atoms with Crippen molar-refractivity contribution >= 4 is 0 Å². The summed E-state index contributed by atoms with van der Waals surface area (Å²) in [5.41, 5.74) is 3.12. The molecule has 0 aliphatic heterocycles. The van der Waals surface area contributed by atoms with Crippen molar-refractivity contribution in [2.24, 2.45) is 29.5 Å². The average molecular weight is 236 g/mol.